The largest absolute Gasteiger partial charge is 0.257 e. The van der Waals surface area contributed by atoms with Crippen LogP contribution in [0.4, 0.5) is 0 Å². The molecule has 1 aliphatic heterocycles. The van der Waals surface area contributed by atoms with E-state index in [0.717, 1.165) is 11.4 Å². The minimum absolute atomic E-state index is 1.13. The van der Waals surface area contributed by atoms with Crippen molar-refractivity contribution in [3.8, 4) is 11.1 Å². The van der Waals surface area contributed by atoms with Crippen LogP contribution in [0.1, 0.15) is 11.4 Å². The smallest absolute Gasteiger partial charge is 0.0455 e. The molecule has 0 spiro atoms. The average molecular weight is 203 g/mol. The van der Waals surface area contributed by atoms with Crippen LogP contribution in [0.3, 0.4) is 0 Å². The van der Waals surface area contributed by atoms with E-state index in [4.69, 9.17) is 0 Å². The molecule has 0 aromatic carbocycles. The first-order chi connectivity index (χ1) is 6.72. The third-order valence-corrected chi connectivity index (χ3v) is 3.21. The first kappa shape index (κ1) is 9.53. The Morgan fingerprint density at radius 1 is 0.929 bits per heavy atom. The van der Waals surface area contributed by atoms with Gasteiger partial charge in [0.25, 0.3) is 0 Å². The first-order valence-electron chi connectivity index (χ1n) is 4.63. The van der Waals surface area contributed by atoms with Crippen LogP contribution in [0.15, 0.2) is 29.2 Å². The molecule has 1 aliphatic carbocycles. The molecule has 0 radical (unpaired) electrons. The van der Waals surface area contributed by atoms with Gasteiger partial charge in [0.1, 0.15) is 0 Å². The molecule has 72 valence electrons. The van der Waals surface area contributed by atoms with E-state index in [2.05, 4.69) is 49.4 Å². The number of hydrogen-bond acceptors (Lipinski definition) is 2. The van der Waals surface area contributed by atoms with E-state index in [1.807, 2.05) is 0 Å². The maximum absolute atomic E-state index is 4.47. The number of rotatable bonds is 1. The summed E-state index contributed by atoms with van der Waals surface area (Å²) >= 11 is 1.77. The average Bonchev–Trinajstić information content (AvgIpc) is 2.40. The molecular weight excluding hydrogens is 190 g/mol. The van der Waals surface area contributed by atoms with Gasteiger partial charge in [-0.25, -0.2) is 0 Å². The fourth-order valence-electron chi connectivity index (χ4n) is 1.71. The van der Waals surface area contributed by atoms with Gasteiger partial charge in [0, 0.05) is 27.4 Å². The van der Waals surface area contributed by atoms with E-state index < -0.39 is 0 Å². The van der Waals surface area contributed by atoms with Crippen molar-refractivity contribution in [2.24, 2.45) is 0 Å². The molecule has 0 aromatic heterocycles. The minimum atomic E-state index is 1.13. The summed E-state index contributed by atoms with van der Waals surface area (Å²) in [7, 11) is 0. The van der Waals surface area contributed by atoms with Gasteiger partial charge in [0.15, 0.2) is 0 Å². The minimum Gasteiger partial charge on any atom is -0.257 e. The summed E-state index contributed by atoms with van der Waals surface area (Å²) in [5.74, 6) is 0. The summed E-state index contributed by atoms with van der Waals surface area (Å²) in [5.41, 5.74) is 4.78. The van der Waals surface area contributed by atoms with E-state index in [1.165, 1.54) is 16.0 Å². The van der Waals surface area contributed by atoms with Crippen LogP contribution < -0.4 is 0 Å². The molecule has 2 aliphatic rings. The molecule has 2 heteroatoms. The Bertz CT molecular complexity index is 400. The topological polar surface area (TPSA) is 12.9 Å². The third kappa shape index (κ3) is 1.50. The van der Waals surface area contributed by atoms with Crippen LogP contribution in [0, 0.1) is 13.8 Å². The van der Waals surface area contributed by atoms with Gasteiger partial charge in [-0.1, -0.05) is 12.1 Å². The van der Waals surface area contributed by atoms with Crippen LogP contribution >= 0.6 is 11.8 Å². The van der Waals surface area contributed by atoms with Crippen molar-refractivity contribution in [2.75, 3.05) is 6.26 Å². The Kier molecular flexibility index (Phi) is 2.46. The van der Waals surface area contributed by atoms with E-state index in [9.17, 15) is 0 Å². The van der Waals surface area contributed by atoms with Crippen LogP contribution in [0.5, 0.6) is 0 Å². The molecule has 0 saturated carbocycles. The van der Waals surface area contributed by atoms with E-state index in [0.29, 0.717) is 0 Å². The van der Waals surface area contributed by atoms with Crippen molar-refractivity contribution >= 4 is 11.8 Å². The molecule has 0 atom stereocenters. The fraction of sp³-hybridized carbons (Fsp3) is 0.250. The predicted octanol–water partition coefficient (Wildman–Crippen LogP) is 3.53. The molecular formula is C12H13NS. The predicted molar refractivity (Wildman–Crippen MR) is 62.1 cm³/mol. The summed E-state index contributed by atoms with van der Waals surface area (Å²) in [6, 6.07) is 8.63. The lowest BCUT2D eigenvalue weighted by molar-refractivity contribution is 1.20. The third-order valence-electron chi connectivity index (χ3n) is 2.47. The summed E-state index contributed by atoms with van der Waals surface area (Å²) in [6.45, 7) is 4.13. The highest BCUT2D eigenvalue weighted by atomic mass is 32.2. The normalized spacial score (nSPS) is 10.8. The maximum atomic E-state index is 4.47. The van der Waals surface area contributed by atoms with Crippen LogP contribution in [0.2, 0.25) is 0 Å². The van der Waals surface area contributed by atoms with Gasteiger partial charge in [0.05, 0.1) is 0 Å². The SMILES string of the molecule is CSc1ccc2c(C)nc(C)c-2cc1. The number of hydrogen-bond donors (Lipinski definition) is 0. The molecule has 1 heterocycles. The van der Waals surface area contributed by atoms with Gasteiger partial charge < -0.3 is 0 Å². The summed E-state index contributed by atoms with van der Waals surface area (Å²) in [4.78, 5) is 5.76. The lowest BCUT2D eigenvalue weighted by Crippen LogP contribution is -1.70. The summed E-state index contributed by atoms with van der Waals surface area (Å²) in [5, 5.41) is 0. The summed E-state index contributed by atoms with van der Waals surface area (Å²) < 4.78 is 0. The number of aryl methyl sites for hydroxylation is 2. The van der Waals surface area contributed by atoms with Crippen molar-refractivity contribution in [2.45, 2.75) is 18.7 Å². The monoisotopic (exact) mass is 203 g/mol. The number of fused-ring (bicyclic) bond motifs is 1. The molecule has 0 unspecified atom stereocenters. The zero-order chi connectivity index (χ0) is 10.1. The van der Waals surface area contributed by atoms with Crippen LogP contribution in [-0.4, -0.2) is 11.2 Å². The van der Waals surface area contributed by atoms with E-state index >= 15 is 0 Å². The second-order valence-corrected chi connectivity index (χ2v) is 4.26. The highest BCUT2D eigenvalue weighted by Crippen LogP contribution is 2.29. The van der Waals surface area contributed by atoms with Gasteiger partial charge in [0.2, 0.25) is 0 Å². The number of thioether (sulfide) groups is 1. The maximum Gasteiger partial charge on any atom is 0.0455 e. The van der Waals surface area contributed by atoms with Crippen molar-refractivity contribution in [1.82, 2.24) is 4.98 Å². The Hall–Kier alpha value is -1.02. The highest BCUT2D eigenvalue weighted by Gasteiger charge is 2.09. The molecule has 2 rings (SSSR count). The molecule has 0 bridgehead atoms. The lowest BCUT2D eigenvalue weighted by atomic mass is 10.1. The van der Waals surface area contributed by atoms with Crippen molar-refractivity contribution in [3.05, 3.63) is 35.7 Å². The van der Waals surface area contributed by atoms with Gasteiger partial charge >= 0.3 is 0 Å². The Morgan fingerprint density at radius 2 is 1.43 bits per heavy atom. The van der Waals surface area contributed by atoms with E-state index in [1.54, 1.807) is 11.8 Å². The molecule has 0 aromatic rings. The van der Waals surface area contributed by atoms with Gasteiger partial charge in [-0.05, 0) is 32.2 Å². The lowest BCUT2D eigenvalue weighted by Gasteiger charge is -1.91. The number of nitrogens with zero attached hydrogens (tertiary/aromatic N) is 1. The molecule has 0 fully saturated rings. The van der Waals surface area contributed by atoms with Gasteiger partial charge in [-0.15, -0.1) is 11.8 Å². The molecule has 0 N–H and O–H groups in total. The fourth-order valence-corrected chi connectivity index (χ4v) is 2.11. The Balaban J connectivity index is 2.68. The molecule has 14 heavy (non-hydrogen) atoms. The van der Waals surface area contributed by atoms with Crippen LogP contribution in [0.25, 0.3) is 11.1 Å². The number of aromatic nitrogens is 1. The zero-order valence-electron chi connectivity index (χ0n) is 8.66. The summed E-state index contributed by atoms with van der Waals surface area (Å²) in [6.07, 6.45) is 2.10. The first-order valence-corrected chi connectivity index (χ1v) is 5.86. The molecule has 1 nitrogen and oxygen atoms in total. The molecule has 0 saturated heterocycles. The quantitative estimate of drug-likeness (QED) is 0.658. The standard InChI is InChI=1S/C12H13NS/c1-8-11-6-4-10(14-3)5-7-12(11)9(2)13-8/h4-7H,1-3H3. The Labute approximate surface area is 88.9 Å². The molecule has 0 amide bonds. The van der Waals surface area contributed by atoms with Gasteiger partial charge in [-0.2, -0.15) is 0 Å². The zero-order valence-corrected chi connectivity index (χ0v) is 9.48. The highest BCUT2D eigenvalue weighted by molar-refractivity contribution is 7.98. The second-order valence-electron chi connectivity index (χ2n) is 3.38. The van der Waals surface area contributed by atoms with Crippen molar-refractivity contribution in [1.29, 1.82) is 0 Å². The van der Waals surface area contributed by atoms with Crippen LogP contribution in [-0.2, 0) is 0 Å². The second kappa shape index (κ2) is 3.62. The van der Waals surface area contributed by atoms with Crippen molar-refractivity contribution < 1.29 is 0 Å². The van der Waals surface area contributed by atoms with Crippen molar-refractivity contribution in [3.63, 3.8) is 0 Å². The van der Waals surface area contributed by atoms with E-state index in [-0.39, 0.29) is 0 Å². The Morgan fingerprint density at radius 3 is 1.86 bits per heavy atom. The van der Waals surface area contributed by atoms with Gasteiger partial charge in [-0.3, -0.25) is 4.98 Å².